The number of piperidine rings is 2. The van der Waals surface area contributed by atoms with Crippen LogP contribution in [0.1, 0.15) is 84.7 Å². The maximum Gasteiger partial charge on any atom is 0.433 e. The van der Waals surface area contributed by atoms with Crippen LogP contribution in [-0.2, 0) is 22.8 Å². The van der Waals surface area contributed by atoms with Crippen molar-refractivity contribution in [3.63, 3.8) is 0 Å². The Morgan fingerprint density at radius 3 is 2.51 bits per heavy atom. The van der Waals surface area contributed by atoms with E-state index in [9.17, 15) is 32.3 Å². The Labute approximate surface area is 312 Å². The molecule has 5 heterocycles. The molecule has 12 nitrogen and oxygen atoms in total. The van der Waals surface area contributed by atoms with Crippen molar-refractivity contribution < 1.29 is 31.9 Å². The van der Waals surface area contributed by atoms with E-state index in [0.29, 0.717) is 29.1 Å². The van der Waals surface area contributed by atoms with Gasteiger partial charge in [-0.3, -0.25) is 33.5 Å². The van der Waals surface area contributed by atoms with Crippen LogP contribution < -0.4 is 16.3 Å². The number of aromatic nitrogens is 5. The number of hydrogen-bond donors (Lipinski definition) is 2. The van der Waals surface area contributed by atoms with Crippen LogP contribution in [0.3, 0.4) is 0 Å². The summed E-state index contributed by atoms with van der Waals surface area (Å²) < 4.78 is 60.2. The van der Waals surface area contributed by atoms with Crippen LogP contribution in [-0.4, -0.2) is 72.3 Å². The molecule has 1 saturated carbocycles. The monoisotopic (exact) mass is 760 g/mol. The number of imidazole rings is 1. The van der Waals surface area contributed by atoms with Crippen molar-refractivity contribution in [3.05, 3.63) is 88.2 Å². The molecule has 2 aliphatic heterocycles. The van der Waals surface area contributed by atoms with Crippen molar-refractivity contribution in [1.29, 1.82) is 0 Å². The molecule has 2 saturated heterocycles. The highest BCUT2D eigenvalue weighted by molar-refractivity contribution is 6.04. The second kappa shape index (κ2) is 14.4. The lowest BCUT2D eigenvalue weighted by atomic mass is 9.83. The molecule has 0 spiro atoms. The molecule has 3 atom stereocenters. The van der Waals surface area contributed by atoms with Gasteiger partial charge >= 0.3 is 11.9 Å². The number of carbonyl (C=O) groups is 3. The Balaban J connectivity index is 0.872. The number of likely N-dealkylation sites (tertiary alicyclic amines) is 1. The van der Waals surface area contributed by atoms with E-state index in [-0.39, 0.29) is 42.7 Å². The Kier molecular flexibility index (Phi) is 9.55. The number of nitrogens with zero attached hydrogens (tertiary/aromatic N) is 6. The average molecular weight is 761 g/mol. The number of fused-ring (bicyclic) bond motifs is 2. The highest BCUT2D eigenvalue weighted by Gasteiger charge is 2.37. The summed E-state index contributed by atoms with van der Waals surface area (Å²) in [6.45, 7) is 1.80. The van der Waals surface area contributed by atoms with E-state index in [4.69, 9.17) is 5.10 Å². The van der Waals surface area contributed by atoms with Gasteiger partial charge in [-0.05, 0) is 92.9 Å². The predicted molar refractivity (Wildman–Crippen MR) is 195 cm³/mol. The number of rotatable bonds is 7. The lowest BCUT2D eigenvalue weighted by Crippen LogP contribution is -2.44. The Bertz CT molecular complexity index is 2360. The molecule has 16 heteroatoms. The lowest BCUT2D eigenvalue weighted by molar-refractivity contribution is -0.141. The topological polar surface area (TPSA) is 136 Å². The molecule has 288 valence electrons. The normalized spacial score (nSPS) is 24.0. The van der Waals surface area contributed by atoms with E-state index < -0.39 is 41.8 Å². The van der Waals surface area contributed by atoms with Gasteiger partial charge in [0.05, 0.1) is 22.6 Å². The zero-order chi connectivity index (χ0) is 38.6. The summed E-state index contributed by atoms with van der Waals surface area (Å²) in [5.41, 5.74) is 1.25. The number of anilines is 1. The number of carbonyl (C=O) groups excluding carboxylic acids is 3. The fraction of sp³-hybridized carbons (Fsp3) is 0.436. The van der Waals surface area contributed by atoms with Crippen LogP contribution in [0.2, 0.25) is 0 Å². The van der Waals surface area contributed by atoms with Gasteiger partial charge in [-0.25, -0.2) is 14.2 Å². The number of hydrogen-bond acceptors (Lipinski definition) is 7. The first-order valence-corrected chi connectivity index (χ1v) is 18.6. The van der Waals surface area contributed by atoms with E-state index >= 15 is 4.39 Å². The zero-order valence-electron chi connectivity index (χ0n) is 30.1. The smallest absolute Gasteiger partial charge is 0.321 e. The largest absolute Gasteiger partial charge is 0.433 e. The quantitative estimate of drug-likeness (QED) is 0.156. The van der Waals surface area contributed by atoms with Gasteiger partial charge in [-0.1, -0.05) is 18.2 Å². The van der Waals surface area contributed by atoms with Crippen molar-refractivity contribution in [2.45, 2.75) is 75.3 Å². The third kappa shape index (κ3) is 7.14. The van der Waals surface area contributed by atoms with Gasteiger partial charge in [0.1, 0.15) is 23.6 Å². The van der Waals surface area contributed by atoms with Crippen LogP contribution in [0, 0.1) is 5.92 Å². The van der Waals surface area contributed by atoms with E-state index in [2.05, 4.69) is 20.5 Å². The SMILES string of the molecule is Cn1c(=O)n(C2CCC(=O)NC2=O)c2cccc(C3CCN(CC4CCC(n5cc6cc(NC(=O)c7cccc(C(F)(F)F)n7)ccc6n5)CC4)CC3F)c21. The van der Waals surface area contributed by atoms with Crippen LogP contribution >= 0.6 is 0 Å². The number of alkyl halides is 4. The zero-order valence-corrected chi connectivity index (χ0v) is 30.1. The molecule has 3 fully saturated rings. The molecular weight excluding hydrogens is 720 g/mol. The van der Waals surface area contributed by atoms with E-state index in [1.165, 1.54) is 15.2 Å². The first-order chi connectivity index (χ1) is 26.3. The maximum atomic E-state index is 16.1. The highest BCUT2D eigenvalue weighted by atomic mass is 19.4. The number of imide groups is 1. The fourth-order valence-electron chi connectivity index (χ4n) is 8.66. The van der Waals surface area contributed by atoms with Crippen molar-refractivity contribution >= 4 is 45.3 Å². The molecule has 8 rings (SSSR count). The number of nitrogens with one attached hydrogen (secondary N) is 2. The average Bonchev–Trinajstić information content (AvgIpc) is 3.69. The van der Waals surface area contributed by atoms with Gasteiger partial charge in [0.25, 0.3) is 5.91 Å². The molecule has 3 unspecified atom stereocenters. The summed E-state index contributed by atoms with van der Waals surface area (Å²) in [7, 11) is 1.64. The van der Waals surface area contributed by atoms with E-state index in [0.717, 1.165) is 67.4 Å². The van der Waals surface area contributed by atoms with Gasteiger partial charge in [0.2, 0.25) is 11.8 Å². The molecule has 2 aromatic carbocycles. The predicted octanol–water partition coefficient (Wildman–Crippen LogP) is 5.89. The van der Waals surface area contributed by atoms with Gasteiger partial charge in [-0.15, -0.1) is 0 Å². The number of halogens is 4. The Morgan fingerprint density at radius 1 is 0.982 bits per heavy atom. The molecule has 3 aromatic heterocycles. The lowest BCUT2D eigenvalue weighted by Gasteiger charge is -2.38. The Hall–Kier alpha value is -5.38. The van der Waals surface area contributed by atoms with Gasteiger partial charge < -0.3 is 10.2 Å². The number of para-hydroxylation sites is 1. The molecule has 0 bridgehead atoms. The number of aryl methyl sites for hydroxylation is 1. The first-order valence-electron chi connectivity index (χ1n) is 18.6. The highest BCUT2D eigenvalue weighted by Crippen LogP contribution is 2.38. The van der Waals surface area contributed by atoms with Gasteiger partial charge in [-0.2, -0.15) is 18.3 Å². The maximum absolute atomic E-state index is 16.1. The number of benzene rings is 2. The molecular formula is C39H40F4N8O4. The molecule has 0 radical (unpaired) electrons. The molecule has 1 aliphatic carbocycles. The summed E-state index contributed by atoms with van der Waals surface area (Å²) in [6, 6.07) is 13.2. The second-order valence-corrected chi connectivity index (χ2v) is 15.0. The summed E-state index contributed by atoms with van der Waals surface area (Å²) in [6.07, 6.45) is 0.810. The van der Waals surface area contributed by atoms with Crippen LogP contribution in [0.25, 0.3) is 21.9 Å². The van der Waals surface area contributed by atoms with Crippen molar-refractivity contribution in [2.24, 2.45) is 13.0 Å². The van der Waals surface area contributed by atoms with Crippen molar-refractivity contribution in [3.8, 4) is 0 Å². The molecule has 55 heavy (non-hydrogen) atoms. The molecule has 2 N–H and O–H groups in total. The standard InChI is InChI=1S/C39H40F4N8O4/c1-48-35-27(4-2-6-31(35)51(38(48)55)32-14-15-34(52)46-37(32)54)26-16-17-49(21-28(26)40)19-22-8-11-25(12-9-22)50-20-23-18-24(10-13-29(23)47-50)44-36(53)30-5-3-7-33(45-30)39(41,42)43/h2-7,10,13,18,20,22,25-26,28,32H,8-9,11-12,14-17,19,21H2,1H3,(H,44,53)(H,46,52,54). The van der Waals surface area contributed by atoms with E-state index in [1.54, 1.807) is 37.4 Å². The molecule has 3 amide bonds. The summed E-state index contributed by atoms with van der Waals surface area (Å²) in [5.74, 6) is -1.60. The second-order valence-electron chi connectivity index (χ2n) is 15.0. The molecule has 3 aliphatic rings. The minimum atomic E-state index is -4.66. The molecule has 5 aromatic rings. The van der Waals surface area contributed by atoms with Crippen molar-refractivity contribution in [2.75, 3.05) is 25.0 Å². The third-order valence-corrected chi connectivity index (χ3v) is 11.4. The van der Waals surface area contributed by atoms with Gasteiger partial charge in [0.15, 0.2) is 0 Å². The minimum absolute atomic E-state index is 0.146. The van der Waals surface area contributed by atoms with Crippen molar-refractivity contribution in [1.82, 2.24) is 34.1 Å². The number of pyridine rings is 1. The van der Waals surface area contributed by atoms with Crippen LogP contribution in [0.4, 0.5) is 23.2 Å². The minimum Gasteiger partial charge on any atom is -0.321 e. The summed E-state index contributed by atoms with van der Waals surface area (Å²) in [4.78, 5) is 56.2. The van der Waals surface area contributed by atoms with Gasteiger partial charge in [0, 0.05) is 49.7 Å². The van der Waals surface area contributed by atoms with Crippen LogP contribution in [0.15, 0.2) is 65.6 Å². The van der Waals surface area contributed by atoms with Crippen LogP contribution in [0.5, 0.6) is 0 Å². The number of amides is 3. The third-order valence-electron chi connectivity index (χ3n) is 11.4. The summed E-state index contributed by atoms with van der Waals surface area (Å²) in [5, 5.41) is 10.5. The Morgan fingerprint density at radius 2 is 1.76 bits per heavy atom. The summed E-state index contributed by atoms with van der Waals surface area (Å²) >= 11 is 0. The fourth-order valence-corrected chi connectivity index (χ4v) is 8.66. The van der Waals surface area contributed by atoms with E-state index in [1.807, 2.05) is 16.9 Å². The first kappa shape index (κ1) is 36.6.